The molecule has 0 aliphatic heterocycles. The van der Waals surface area contributed by atoms with Crippen molar-refractivity contribution in [1.82, 2.24) is 4.90 Å². The van der Waals surface area contributed by atoms with Gasteiger partial charge in [-0.25, -0.2) is 9.59 Å². The van der Waals surface area contributed by atoms with Crippen molar-refractivity contribution in [1.29, 1.82) is 5.26 Å². The van der Waals surface area contributed by atoms with Crippen molar-refractivity contribution in [2.75, 3.05) is 18.4 Å². The predicted octanol–water partition coefficient (Wildman–Crippen LogP) is 2.91. The molecule has 0 bridgehead atoms. The molecule has 1 rings (SSSR count). The van der Waals surface area contributed by atoms with Gasteiger partial charge in [-0.15, -0.1) is 0 Å². The number of hydrogen-bond acceptors (Lipinski definition) is 3. The highest BCUT2D eigenvalue weighted by atomic mass is 79.9. The number of amides is 2. The van der Waals surface area contributed by atoms with Crippen LogP contribution in [0.15, 0.2) is 22.7 Å². The SMILES string of the molecule is CCN(CCC#N)C(=O)Nc1cc(C(=O)O)ccc1Br. The number of carbonyl (C=O) groups excluding carboxylic acids is 1. The fourth-order valence-corrected chi connectivity index (χ4v) is 1.88. The van der Waals surface area contributed by atoms with Crippen molar-refractivity contribution in [2.24, 2.45) is 0 Å². The maximum Gasteiger partial charge on any atom is 0.335 e. The minimum absolute atomic E-state index is 0.0866. The van der Waals surface area contributed by atoms with E-state index < -0.39 is 5.97 Å². The summed E-state index contributed by atoms with van der Waals surface area (Å²) in [5.41, 5.74) is 0.467. The van der Waals surface area contributed by atoms with Gasteiger partial charge in [-0.05, 0) is 41.1 Å². The Labute approximate surface area is 125 Å². The van der Waals surface area contributed by atoms with Gasteiger partial charge in [-0.3, -0.25) is 0 Å². The first-order valence-electron chi connectivity index (χ1n) is 5.95. The van der Waals surface area contributed by atoms with Gasteiger partial charge in [0.25, 0.3) is 0 Å². The van der Waals surface area contributed by atoms with Crippen LogP contribution in [0.3, 0.4) is 0 Å². The zero-order valence-corrected chi connectivity index (χ0v) is 12.5. The summed E-state index contributed by atoms with van der Waals surface area (Å²) in [4.78, 5) is 24.4. The first kappa shape index (κ1) is 16.0. The van der Waals surface area contributed by atoms with E-state index in [1.54, 1.807) is 13.0 Å². The number of halogens is 1. The lowest BCUT2D eigenvalue weighted by Crippen LogP contribution is -2.35. The molecule has 0 saturated carbocycles. The molecule has 2 N–H and O–H groups in total. The Morgan fingerprint density at radius 1 is 1.50 bits per heavy atom. The molecule has 0 atom stereocenters. The van der Waals surface area contributed by atoms with Crippen molar-refractivity contribution in [3.63, 3.8) is 0 Å². The standard InChI is InChI=1S/C13H14BrN3O3/c1-2-17(7-3-6-15)13(20)16-11-8-9(12(18)19)4-5-10(11)14/h4-5,8H,2-3,7H2,1H3,(H,16,20)(H,18,19). The number of urea groups is 1. The van der Waals surface area contributed by atoms with Gasteiger partial charge >= 0.3 is 12.0 Å². The molecule has 2 amide bonds. The molecule has 0 radical (unpaired) electrons. The van der Waals surface area contributed by atoms with Crippen molar-refractivity contribution in [3.8, 4) is 6.07 Å². The average molecular weight is 340 g/mol. The van der Waals surface area contributed by atoms with E-state index in [1.807, 2.05) is 6.07 Å². The van der Waals surface area contributed by atoms with E-state index in [0.29, 0.717) is 23.2 Å². The Morgan fingerprint density at radius 2 is 2.20 bits per heavy atom. The van der Waals surface area contributed by atoms with Crippen LogP contribution in [0.4, 0.5) is 10.5 Å². The highest BCUT2D eigenvalue weighted by molar-refractivity contribution is 9.10. The maximum absolute atomic E-state index is 12.0. The van der Waals surface area contributed by atoms with E-state index in [4.69, 9.17) is 10.4 Å². The van der Waals surface area contributed by atoms with Crippen LogP contribution < -0.4 is 5.32 Å². The lowest BCUT2D eigenvalue weighted by atomic mass is 10.2. The molecule has 1 aromatic rings. The minimum atomic E-state index is -1.06. The highest BCUT2D eigenvalue weighted by Gasteiger charge is 2.14. The van der Waals surface area contributed by atoms with Crippen LogP contribution in [0.1, 0.15) is 23.7 Å². The normalized spacial score (nSPS) is 9.65. The van der Waals surface area contributed by atoms with E-state index in [-0.39, 0.29) is 18.0 Å². The summed E-state index contributed by atoms with van der Waals surface area (Å²) in [6.45, 7) is 2.60. The first-order chi connectivity index (χ1) is 9.49. The monoisotopic (exact) mass is 339 g/mol. The van der Waals surface area contributed by atoms with Crippen molar-refractivity contribution in [2.45, 2.75) is 13.3 Å². The number of rotatable bonds is 5. The molecule has 6 nitrogen and oxygen atoms in total. The Morgan fingerprint density at radius 3 is 2.75 bits per heavy atom. The third kappa shape index (κ3) is 4.24. The summed E-state index contributed by atoms with van der Waals surface area (Å²) in [6, 6.07) is 5.99. The average Bonchev–Trinajstić information content (AvgIpc) is 2.41. The highest BCUT2D eigenvalue weighted by Crippen LogP contribution is 2.24. The second kappa shape index (κ2) is 7.50. The minimum Gasteiger partial charge on any atom is -0.478 e. The van der Waals surface area contributed by atoms with Gasteiger partial charge < -0.3 is 15.3 Å². The second-order valence-corrected chi connectivity index (χ2v) is 4.77. The molecule has 0 spiro atoms. The van der Waals surface area contributed by atoms with E-state index >= 15 is 0 Å². The van der Waals surface area contributed by atoms with Crippen LogP contribution in [0.25, 0.3) is 0 Å². The molecule has 0 unspecified atom stereocenters. The molecule has 7 heteroatoms. The Hall–Kier alpha value is -2.07. The van der Waals surface area contributed by atoms with Crippen LogP contribution in [0, 0.1) is 11.3 Å². The number of anilines is 1. The number of benzene rings is 1. The lowest BCUT2D eigenvalue weighted by molar-refractivity contribution is 0.0697. The molecular formula is C13H14BrN3O3. The lowest BCUT2D eigenvalue weighted by Gasteiger charge is -2.20. The van der Waals surface area contributed by atoms with E-state index in [1.165, 1.54) is 17.0 Å². The van der Waals surface area contributed by atoms with Crippen LogP contribution in [0.2, 0.25) is 0 Å². The summed E-state index contributed by atoms with van der Waals surface area (Å²) in [5, 5.41) is 20.1. The molecule has 0 aliphatic carbocycles. The molecule has 106 valence electrons. The quantitative estimate of drug-likeness (QED) is 0.862. The van der Waals surface area contributed by atoms with E-state index in [2.05, 4.69) is 21.2 Å². The van der Waals surface area contributed by atoms with Crippen LogP contribution in [0.5, 0.6) is 0 Å². The molecule has 20 heavy (non-hydrogen) atoms. The smallest absolute Gasteiger partial charge is 0.335 e. The van der Waals surface area contributed by atoms with Gasteiger partial charge in [-0.1, -0.05) is 0 Å². The number of carboxylic acid groups (broad SMARTS) is 1. The third-order valence-corrected chi connectivity index (χ3v) is 3.31. The molecule has 0 fully saturated rings. The summed E-state index contributed by atoms with van der Waals surface area (Å²) in [6.07, 6.45) is 0.248. The van der Waals surface area contributed by atoms with E-state index in [0.717, 1.165) is 0 Å². The molecule has 0 saturated heterocycles. The molecule has 0 heterocycles. The molecular weight excluding hydrogens is 326 g/mol. The van der Waals surface area contributed by atoms with Gasteiger partial charge in [0.2, 0.25) is 0 Å². The molecule has 0 aromatic heterocycles. The topological polar surface area (TPSA) is 93.4 Å². The van der Waals surface area contributed by atoms with Gasteiger partial charge in [0.15, 0.2) is 0 Å². The predicted molar refractivity (Wildman–Crippen MR) is 77.6 cm³/mol. The molecule has 0 aliphatic rings. The fourth-order valence-electron chi connectivity index (χ4n) is 1.54. The first-order valence-corrected chi connectivity index (χ1v) is 6.74. The summed E-state index contributed by atoms with van der Waals surface area (Å²) in [7, 11) is 0. The zero-order valence-electron chi connectivity index (χ0n) is 10.9. The zero-order chi connectivity index (χ0) is 15.1. The number of nitrogens with zero attached hydrogens (tertiary/aromatic N) is 2. The summed E-state index contributed by atoms with van der Waals surface area (Å²) >= 11 is 3.25. The molecule has 1 aromatic carbocycles. The number of carbonyl (C=O) groups is 2. The van der Waals surface area contributed by atoms with Gasteiger partial charge in [0.1, 0.15) is 0 Å². The van der Waals surface area contributed by atoms with Gasteiger partial charge in [0.05, 0.1) is 23.7 Å². The third-order valence-electron chi connectivity index (χ3n) is 2.62. The van der Waals surface area contributed by atoms with Crippen molar-refractivity contribution < 1.29 is 14.7 Å². The van der Waals surface area contributed by atoms with Crippen LogP contribution >= 0.6 is 15.9 Å². The Balaban J connectivity index is 2.86. The largest absolute Gasteiger partial charge is 0.478 e. The Kier molecular flexibility index (Phi) is 6.00. The number of carboxylic acids is 1. The van der Waals surface area contributed by atoms with Crippen LogP contribution in [-0.2, 0) is 0 Å². The summed E-state index contributed by atoms with van der Waals surface area (Å²) < 4.78 is 0.590. The van der Waals surface area contributed by atoms with Crippen molar-refractivity contribution in [3.05, 3.63) is 28.2 Å². The fraction of sp³-hybridized carbons (Fsp3) is 0.308. The number of hydrogen-bond donors (Lipinski definition) is 2. The number of nitriles is 1. The maximum atomic E-state index is 12.0. The number of aromatic carboxylic acids is 1. The second-order valence-electron chi connectivity index (χ2n) is 3.92. The Bertz CT molecular complexity index is 554. The van der Waals surface area contributed by atoms with E-state index in [9.17, 15) is 9.59 Å². The van der Waals surface area contributed by atoms with Crippen LogP contribution in [-0.4, -0.2) is 35.1 Å². The van der Waals surface area contributed by atoms with Gasteiger partial charge in [0, 0.05) is 17.6 Å². The number of nitrogens with one attached hydrogen (secondary N) is 1. The summed E-state index contributed by atoms with van der Waals surface area (Å²) in [5.74, 6) is -1.06. The van der Waals surface area contributed by atoms with Gasteiger partial charge in [-0.2, -0.15) is 5.26 Å². The van der Waals surface area contributed by atoms with Crippen molar-refractivity contribution >= 4 is 33.6 Å².